The lowest BCUT2D eigenvalue weighted by molar-refractivity contribution is 0.00578. The Bertz CT molecular complexity index is 756. The van der Waals surface area contributed by atoms with Gasteiger partial charge in [0.15, 0.2) is 16.6 Å². The molecular formula is C26H51BO4Si2. The molecule has 0 aromatic rings. The molecule has 1 aliphatic carbocycles. The first kappa shape index (κ1) is 29.1. The monoisotopic (exact) mass is 494 g/mol. The highest BCUT2D eigenvalue weighted by molar-refractivity contribution is 6.74. The SMILES string of the molecule is C=C1/C(=C\B2OC(C)(C)C(C)(C)O2)C[C@@H](O[Si](C)(C)C(C)(C)C)C[C@@H]1O[Si](C)(C)C(C)(C)C. The van der Waals surface area contributed by atoms with E-state index in [1.54, 1.807) is 0 Å². The summed E-state index contributed by atoms with van der Waals surface area (Å²) in [5.74, 6) is 2.13. The molecule has 0 aromatic carbocycles. The van der Waals surface area contributed by atoms with Crippen LogP contribution in [0.2, 0.25) is 36.3 Å². The van der Waals surface area contributed by atoms with Crippen LogP contribution in [0.5, 0.6) is 0 Å². The fourth-order valence-corrected chi connectivity index (χ4v) is 6.35. The summed E-state index contributed by atoms with van der Waals surface area (Å²) in [5.41, 5.74) is 1.49. The highest BCUT2D eigenvalue weighted by atomic mass is 28.4. The van der Waals surface area contributed by atoms with Crippen molar-refractivity contribution in [2.24, 2.45) is 0 Å². The Morgan fingerprint density at radius 1 is 0.879 bits per heavy atom. The minimum atomic E-state index is -1.97. The lowest BCUT2D eigenvalue weighted by Crippen LogP contribution is -2.49. The van der Waals surface area contributed by atoms with Gasteiger partial charge in [0.25, 0.3) is 0 Å². The largest absolute Gasteiger partial charge is 0.487 e. The van der Waals surface area contributed by atoms with Crippen molar-refractivity contribution in [3.8, 4) is 0 Å². The number of hydrogen-bond acceptors (Lipinski definition) is 4. The van der Waals surface area contributed by atoms with E-state index in [4.69, 9.17) is 18.2 Å². The van der Waals surface area contributed by atoms with Gasteiger partial charge in [0, 0.05) is 6.42 Å². The minimum absolute atomic E-state index is 0.0388. The molecule has 1 saturated heterocycles. The lowest BCUT2D eigenvalue weighted by atomic mass is 9.78. The van der Waals surface area contributed by atoms with Gasteiger partial charge in [0.2, 0.25) is 0 Å². The van der Waals surface area contributed by atoms with E-state index in [1.165, 1.54) is 0 Å². The van der Waals surface area contributed by atoms with Crippen molar-refractivity contribution in [1.82, 2.24) is 0 Å². The molecule has 1 saturated carbocycles. The van der Waals surface area contributed by atoms with E-state index in [0.29, 0.717) is 0 Å². The molecule has 1 heterocycles. The molecular weight excluding hydrogens is 443 g/mol. The zero-order valence-electron chi connectivity index (χ0n) is 24.1. The summed E-state index contributed by atoms with van der Waals surface area (Å²) in [4.78, 5) is 0. The molecule has 0 unspecified atom stereocenters. The van der Waals surface area contributed by atoms with Crippen LogP contribution >= 0.6 is 0 Å². The summed E-state index contributed by atoms with van der Waals surface area (Å²) in [6, 6.07) is 0. The van der Waals surface area contributed by atoms with Crippen molar-refractivity contribution in [2.75, 3.05) is 0 Å². The molecule has 2 rings (SSSR count). The number of rotatable bonds is 5. The average molecular weight is 495 g/mol. The van der Waals surface area contributed by atoms with Crippen LogP contribution in [0.3, 0.4) is 0 Å². The van der Waals surface area contributed by atoms with E-state index in [9.17, 15) is 0 Å². The molecule has 190 valence electrons. The van der Waals surface area contributed by atoms with Crippen LogP contribution in [0.25, 0.3) is 0 Å². The zero-order chi connectivity index (χ0) is 25.8. The molecule has 0 N–H and O–H groups in total. The maximum Gasteiger partial charge on any atom is 0.487 e. The molecule has 2 aliphatic rings. The quantitative estimate of drug-likeness (QED) is 0.367. The van der Waals surface area contributed by atoms with E-state index in [1.807, 2.05) is 0 Å². The number of hydrogen-bond donors (Lipinski definition) is 0. The Morgan fingerprint density at radius 3 is 1.73 bits per heavy atom. The average Bonchev–Trinajstić information content (AvgIpc) is 2.75. The van der Waals surface area contributed by atoms with E-state index in [0.717, 1.165) is 24.0 Å². The van der Waals surface area contributed by atoms with Crippen LogP contribution in [0.4, 0.5) is 0 Å². The summed E-state index contributed by atoms with van der Waals surface area (Å²) in [6.45, 7) is 35.9. The van der Waals surface area contributed by atoms with Gasteiger partial charge in [-0.2, -0.15) is 0 Å². The second-order valence-corrected chi connectivity index (χ2v) is 23.7. The van der Waals surface area contributed by atoms with Crippen LogP contribution in [0, 0.1) is 0 Å². The molecule has 2 fully saturated rings. The Hall–Kier alpha value is -0.181. The van der Waals surface area contributed by atoms with E-state index >= 15 is 0 Å². The van der Waals surface area contributed by atoms with Crippen molar-refractivity contribution in [3.63, 3.8) is 0 Å². The molecule has 33 heavy (non-hydrogen) atoms. The molecule has 4 nitrogen and oxygen atoms in total. The first-order valence-corrected chi connectivity index (χ1v) is 18.4. The Kier molecular flexibility index (Phi) is 7.96. The van der Waals surface area contributed by atoms with E-state index in [2.05, 4.69) is 108 Å². The third-order valence-corrected chi connectivity index (χ3v) is 17.9. The van der Waals surface area contributed by atoms with E-state index in [-0.39, 0.29) is 40.6 Å². The van der Waals surface area contributed by atoms with Gasteiger partial charge in [-0.25, -0.2) is 0 Å². The molecule has 0 spiro atoms. The second-order valence-electron chi connectivity index (χ2n) is 14.1. The summed E-state index contributed by atoms with van der Waals surface area (Å²) in [5, 5.41) is 0.295. The van der Waals surface area contributed by atoms with Crippen molar-refractivity contribution >= 4 is 23.8 Å². The van der Waals surface area contributed by atoms with Crippen LogP contribution < -0.4 is 0 Å². The maximum atomic E-state index is 6.91. The van der Waals surface area contributed by atoms with Gasteiger partial charge in [-0.05, 0) is 81.5 Å². The van der Waals surface area contributed by atoms with Crippen LogP contribution in [0.15, 0.2) is 23.7 Å². The van der Waals surface area contributed by atoms with Gasteiger partial charge in [-0.15, -0.1) is 0 Å². The van der Waals surface area contributed by atoms with Gasteiger partial charge in [-0.1, -0.05) is 54.1 Å². The Labute approximate surface area is 207 Å². The molecule has 7 heteroatoms. The maximum absolute atomic E-state index is 6.91. The third-order valence-electron chi connectivity index (χ3n) is 8.84. The van der Waals surface area contributed by atoms with Crippen LogP contribution in [-0.4, -0.2) is 47.2 Å². The highest BCUT2D eigenvalue weighted by Crippen LogP contribution is 2.45. The van der Waals surface area contributed by atoms with Crippen LogP contribution in [-0.2, 0) is 18.2 Å². The molecule has 0 amide bonds. The molecule has 2 atom stereocenters. The zero-order valence-corrected chi connectivity index (χ0v) is 26.1. The molecule has 1 aliphatic heterocycles. The molecule has 0 bridgehead atoms. The van der Waals surface area contributed by atoms with E-state index < -0.39 is 16.6 Å². The summed E-state index contributed by atoms with van der Waals surface area (Å²) in [6.07, 6.45) is 1.76. The van der Waals surface area contributed by atoms with Crippen molar-refractivity contribution in [1.29, 1.82) is 0 Å². The standard InChI is InChI=1S/C26H51BO4Si2/c1-19-20(18-27-30-25(8,9)26(10,11)31-27)16-21(28-32(12,13)23(2,3)4)17-22(19)29-33(14,15)24(5,6)7/h18,21-22H,1,16-17H2,2-15H3/b20-18-/t21-,22+/m1/s1. The second kappa shape index (κ2) is 9.04. The summed E-state index contributed by atoms with van der Waals surface area (Å²) >= 11 is 0. The first-order valence-electron chi connectivity index (χ1n) is 12.6. The highest BCUT2D eigenvalue weighted by Gasteiger charge is 2.51. The fraction of sp³-hybridized carbons (Fsp3) is 0.846. The lowest BCUT2D eigenvalue weighted by Gasteiger charge is -2.45. The van der Waals surface area contributed by atoms with Gasteiger partial charge >= 0.3 is 7.12 Å². The summed E-state index contributed by atoms with van der Waals surface area (Å²) in [7, 11) is -4.28. The van der Waals surface area contributed by atoms with Gasteiger partial charge in [-0.3, -0.25) is 0 Å². The Balaban J connectivity index is 2.37. The summed E-state index contributed by atoms with van der Waals surface area (Å²) < 4.78 is 26.4. The normalized spacial score (nSPS) is 28.0. The third kappa shape index (κ3) is 6.34. The first-order chi connectivity index (χ1) is 14.5. The van der Waals surface area contributed by atoms with Gasteiger partial charge in [0.05, 0.1) is 23.4 Å². The van der Waals surface area contributed by atoms with Gasteiger partial charge < -0.3 is 18.2 Å². The fourth-order valence-electron chi connectivity index (χ4n) is 3.68. The topological polar surface area (TPSA) is 36.9 Å². The minimum Gasteiger partial charge on any atom is -0.413 e. The van der Waals surface area contributed by atoms with Gasteiger partial charge in [0.1, 0.15) is 0 Å². The van der Waals surface area contributed by atoms with Crippen molar-refractivity contribution in [2.45, 2.75) is 142 Å². The van der Waals surface area contributed by atoms with Crippen molar-refractivity contribution in [3.05, 3.63) is 23.7 Å². The predicted molar refractivity (Wildman–Crippen MR) is 147 cm³/mol. The Morgan fingerprint density at radius 2 is 1.30 bits per heavy atom. The van der Waals surface area contributed by atoms with Crippen molar-refractivity contribution < 1.29 is 18.2 Å². The smallest absolute Gasteiger partial charge is 0.413 e. The predicted octanol–water partition coefficient (Wildman–Crippen LogP) is 7.68. The molecule has 0 radical (unpaired) electrons. The molecule has 0 aromatic heterocycles. The van der Waals surface area contributed by atoms with Crippen LogP contribution in [0.1, 0.15) is 82.1 Å².